The summed E-state index contributed by atoms with van der Waals surface area (Å²) in [7, 11) is 0. The van der Waals surface area contributed by atoms with E-state index in [-0.39, 0.29) is 24.5 Å². The third-order valence-corrected chi connectivity index (χ3v) is 5.25. The number of nitrogens with zero attached hydrogens (tertiary/aromatic N) is 1. The van der Waals surface area contributed by atoms with Crippen LogP contribution < -0.4 is 15.0 Å². The first-order valence-electron chi connectivity index (χ1n) is 8.90. The molecule has 6 nitrogen and oxygen atoms in total. The number of aliphatic hydroxyl groups is 1. The van der Waals surface area contributed by atoms with Crippen LogP contribution in [0.1, 0.15) is 17.5 Å². The van der Waals surface area contributed by atoms with Gasteiger partial charge in [0.2, 0.25) is 5.60 Å². The second kappa shape index (κ2) is 7.07. The molecule has 28 heavy (non-hydrogen) atoms. The zero-order chi connectivity index (χ0) is 19.9. The highest BCUT2D eigenvalue weighted by atomic mass is 35.5. The molecule has 1 fully saturated rings. The van der Waals surface area contributed by atoms with Crippen molar-refractivity contribution >= 4 is 29.1 Å². The topological polar surface area (TPSA) is 78.9 Å². The first kappa shape index (κ1) is 18.7. The molecule has 0 radical (unpaired) electrons. The van der Waals surface area contributed by atoms with Crippen LogP contribution in [0.4, 0.5) is 10.1 Å². The van der Waals surface area contributed by atoms with E-state index in [9.17, 15) is 19.1 Å². The van der Waals surface area contributed by atoms with E-state index in [1.54, 1.807) is 12.1 Å². The van der Waals surface area contributed by atoms with Gasteiger partial charge < -0.3 is 20.1 Å². The molecule has 2 aliphatic rings. The fourth-order valence-corrected chi connectivity index (χ4v) is 3.79. The molecule has 2 aliphatic heterocycles. The van der Waals surface area contributed by atoms with Crippen molar-refractivity contribution < 1.29 is 23.8 Å². The number of benzene rings is 2. The van der Waals surface area contributed by atoms with Crippen LogP contribution >= 0.6 is 11.6 Å². The zero-order valence-electron chi connectivity index (χ0n) is 14.9. The van der Waals surface area contributed by atoms with Gasteiger partial charge in [-0.1, -0.05) is 11.6 Å². The smallest absolute Gasteiger partial charge is 0.268 e. The van der Waals surface area contributed by atoms with Crippen LogP contribution in [0.2, 0.25) is 5.02 Å². The molecule has 8 heteroatoms. The minimum Gasteiger partial charge on any atom is -0.493 e. The van der Waals surface area contributed by atoms with Crippen molar-refractivity contribution in [2.75, 3.05) is 18.1 Å². The van der Waals surface area contributed by atoms with Crippen molar-refractivity contribution in [3.05, 3.63) is 58.4 Å². The van der Waals surface area contributed by atoms with Gasteiger partial charge in [0.05, 0.1) is 6.61 Å². The number of hydrogen-bond acceptors (Lipinski definition) is 4. The Labute approximate surface area is 165 Å². The molecule has 2 N–H and O–H groups in total. The summed E-state index contributed by atoms with van der Waals surface area (Å²) in [6, 6.07) is 9.26. The third-order valence-electron chi connectivity index (χ3n) is 5.03. The number of amides is 2. The molecule has 2 amide bonds. The molecule has 0 aromatic heterocycles. The van der Waals surface area contributed by atoms with Crippen molar-refractivity contribution in [2.24, 2.45) is 0 Å². The summed E-state index contributed by atoms with van der Waals surface area (Å²) in [6.07, 6.45) is 0.724. The van der Waals surface area contributed by atoms with Crippen LogP contribution in [0.5, 0.6) is 5.75 Å². The summed E-state index contributed by atoms with van der Waals surface area (Å²) < 4.78 is 18.9. The highest BCUT2D eigenvalue weighted by molar-refractivity contribution is 6.30. The standard InChI is InChI=1S/C20H18ClFN2O4/c21-14-7-12(8-15(22)10-14)11-23-18(25)20(27)4-5-24(19(20)26)16-1-2-17-13(9-16)3-6-28-17/h1-2,7-10,27H,3-6,11H2,(H,23,25). The predicted octanol–water partition coefficient (Wildman–Crippen LogP) is 2.20. The van der Waals surface area contributed by atoms with E-state index in [0.717, 1.165) is 23.8 Å². The van der Waals surface area contributed by atoms with Gasteiger partial charge in [-0.15, -0.1) is 0 Å². The van der Waals surface area contributed by atoms with Crippen molar-refractivity contribution in [2.45, 2.75) is 25.0 Å². The van der Waals surface area contributed by atoms with E-state index in [0.29, 0.717) is 17.9 Å². The van der Waals surface area contributed by atoms with Gasteiger partial charge in [0.15, 0.2) is 0 Å². The second-order valence-electron chi connectivity index (χ2n) is 6.92. The molecule has 1 atom stereocenters. The van der Waals surface area contributed by atoms with Gasteiger partial charge in [0, 0.05) is 36.6 Å². The number of carbonyl (C=O) groups is 2. The minimum absolute atomic E-state index is 0.0326. The monoisotopic (exact) mass is 404 g/mol. The van der Waals surface area contributed by atoms with E-state index in [4.69, 9.17) is 16.3 Å². The number of hydrogen-bond donors (Lipinski definition) is 2. The maximum atomic E-state index is 13.4. The molecule has 0 aliphatic carbocycles. The Morgan fingerprint density at radius 2 is 2.14 bits per heavy atom. The summed E-state index contributed by atoms with van der Waals surface area (Å²) >= 11 is 5.80. The van der Waals surface area contributed by atoms with E-state index in [1.165, 1.54) is 17.0 Å². The fourth-order valence-electron chi connectivity index (χ4n) is 3.54. The van der Waals surface area contributed by atoms with E-state index in [1.807, 2.05) is 6.07 Å². The lowest BCUT2D eigenvalue weighted by Crippen LogP contribution is -2.52. The Balaban J connectivity index is 1.47. The summed E-state index contributed by atoms with van der Waals surface area (Å²) in [4.78, 5) is 26.7. The van der Waals surface area contributed by atoms with Crippen LogP contribution in [-0.4, -0.2) is 35.7 Å². The summed E-state index contributed by atoms with van der Waals surface area (Å²) in [5.41, 5.74) is -0.113. The van der Waals surface area contributed by atoms with Gasteiger partial charge >= 0.3 is 0 Å². The Kier molecular flexibility index (Phi) is 4.72. The minimum atomic E-state index is -2.16. The van der Waals surface area contributed by atoms with Gasteiger partial charge in [-0.05, 0) is 47.5 Å². The molecule has 0 spiro atoms. The average molecular weight is 405 g/mol. The zero-order valence-corrected chi connectivity index (χ0v) is 15.6. The highest BCUT2D eigenvalue weighted by Gasteiger charge is 2.51. The molecule has 1 saturated heterocycles. The summed E-state index contributed by atoms with van der Waals surface area (Å²) in [5.74, 6) is -1.23. The molecule has 0 bridgehead atoms. The van der Waals surface area contributed by atoms with Gasteiger partial charge in [-0.2, -0.15) is 0 Å². The Hall–Kier alpha value is -2.64. The largest absolute Gasteiger partial charge is 0.493 e. The predicted molar refractivity (Wildman–Crippen MR) is 101 cm³/mol. The van der Waals surface area contributed by atoms with E-state index in [2.05, 4.69) is 5.32 Å². The molecule has 0 saturated carbocycles. The fraction of sp³-hybridized carbons (Fsp3) is 0.300. The van der Waals surface area contributed by atoms with Crippen molar-refractivity contribution in [1.29, 1.82) is 0 Å². The molecule has 1 unspecified atom stereocenters. The van der Waals surface area contributed by atoms with Gasteiger partial charge in [0.25, 0.3) is 11.8 Å². The molecule has 2 aromatic carbocycles. The lowest BCUT2D eigenvalue weighted by atomic mass is 10.0. The lowest BCUT2D eigenvalue weighted by molar-refractivity contribution is -0.149. The highest BCUT2D eigenvalue weighted by Crippen LogP contribution is 2.33. The van der Waals surface area contributed by atoms with E-state index >= 15 is 0 Å². The number of nitrogens with one attached hydrogen (secondary N) is 1. The number of fused-ring (bicyclic) bond motifs is 1. The number of anilines is 1. The van der Waals surface area contributed by atoms with Crippen LogP contribution in [0.15, 0.2) is 36.4 Å². The Morgan fingerprint density at radius 1 is 1.32 bits per heavy atom. The number of carbonyl (C=O) groups excluding carboxylic acids is 2. The SMILES string of the molecule is O=C(NCc1cc(F)cc(Cl)c1)C1(O)CCN(c2ccc3c(c2)CCO3)C1=O. The molecular formula is C20H18ClFN2O4. The number of halogens is 2. The Bertz CT molecular complexity index is 947. The third kappa shape index (κ3) is 3.31. The first-order chi connectivity index (χ1) is 13.4. The van der Waals surface area contributed by atoms with Crippen LogP contribution in [-0.2, 0) is 22.6 Å². The van der Waals surface area contributed by atoms with Gasteiger partial charge in [-0.25, -0.2) is 4.39 Å². The molecule has 2 heterocycles. The molecule has 2 aromatic rings. The summed E-state index contributed by atoms with van der Waals surface area (Å²) in [6.45, 7) is 0.763. The van der Waals surface area contributed by atoms with Crippen molar-refractivity contribution in [3.8, 4) is 5.75 Å². The quantitative estimate of drug-likeness (QED) is 0.766. The van der Waals surface area contributed by atoms with Crippen LogP contribution in [0, 0.1) is 5.82 Å². The summed E-state index contributed by atoms with van der Waals surface area (Å²) in [5, 5.41) is 13.4. The number of ether oxygens (including phenoxy) is 1. The van der Waals surface area contributed by atoms with Crippen LogP contribution in [0.25, 0.3) is 0 Å². The average Bonchev–Trinajstić information content (AvgIpc) is 3.24. The van der Waals surface area contributed by atoms with Crippen molar-refractivity contribution in [3.63, 3.8) is 0 Å². The maximum Gasteiger partial charge on any atom is 0.268 e. The normalized spacial score (nSPS) is 20.8. The molecule has 4 rings (SSSR count). The van der Waals surface area contributed by atoms with Crippen molar-refractivity contribution in [1.82, 2.24) is 5.32 Å². The lowest BCUT2D eigenvalue weighted by Gasteiger charge is -2.22. The van der Waals surface area contributed by atoms with Gasteiger partial charge in [0.1, 0.15) is 11.6 Å². The van der Waals surface area contributed by atoms with Gasteiger partial charge in [-0.3, -0.25) is 9.59 Å². The maximum absolute atomic E-state index is 13.4. The Morgan fingerprint density at radius 3 is 2.93 bits per heavy atom. The van der Waals surface area contributed by atoms with Crippen LogP contribution in [0.3, 0.4) is 0 Å². The number of rotatable bonds is 4. The molecule has 146 valence electrons. The molecular weight excluding hydrogens is 387 g/mol. The first-order valence-corrected chi connectivity index (χ1v) is 9.28. The second-order valence-corrected chi connectivity index (χ2v) is 7.35. The van der Waals surface area contributed by atoms with E-state index < -0.39 is 23.2 Å².